The van der Waals surface area contributed by atoms with E-state index in [0.717, 1.165) is 5.56 Å². The Labute approximate surface area is 169 Å². The fourth-order valence-corrected chi connectivity index (χ4v) is 2.29. The molecule has 0 radical (unpaired) electrons. The van der Waals surface area contributed by atoms with Crippen LogP contribution in [0.25, 0.3) is 6.08 Å². The number of amides is 1. The lowest BCUT2D eigenvalue weighted by Crippen LogP contribution is -2.34. The molecule has 0 aliphatic rings. The van der Waals surface area contributed by atoms with Gasteiger partial charge in [-0.15, -0.1) is 0 Å². The first kappa shape index (κ1) is 21.7. The number of rotatable bonds is 6. The van der Waals surface area contributed by atoms with Crippen molar-refractivity contribution in [1.82, 2.24) is 5.32 Å². The number of nitrogens with one attached hydrogen (secondary N) is 1. The second-order valence-corrected chi connectivity index (χ2v) is 7.18. The number of aromatic carboxylic acids is 1. The molecule has 2 rings (SSSR count). The molecule has 0 bridgehead atoms. The van der Waals surface area contributed by atoms with Crippen LogP contribution in [0, 0.1) is 0 Å². The van der Waals surface area contributed by atoms with E-state index in [1.54, 1.807) is 39.0 Å². The molecule has 0 aromatic heterocycles. The minimum absolute atomic E-state index is 0.0160. The highest BCUT2D eigenvalue weighted by molar-refractivity contribution is 5.97. The van der Waals surface area contributed by atoms with E-state index in [-0.39, 0.29) is 17.9 Å². The van der Waals surface area contributed by atoms with Gasteiger partial charge in [0, 0.05) is 0 Å². The van der Waals surface area contributed by atoms with E-state index in [1.165, 1.54) is 24.3 Å². The zero-order valence-electron chi connectivity index (χ0n) is 16.5. The van der Waals surface area contributed by atoms with Crippen molar-refractivity contribution in [3.8, 4) is 0 Å². The third kappa shape index (κ3) is 7.50. The minimum atomic E-state index is -1.10. The van der Waals surface area contributed by atoms with Crippen LogP contribution in [0.4, 0.5) is 4.79 Å². The van der Waals surface area contributed by atoms with Gasteiger partial charge in [-0.25, -0.2) is 14.4 Å². The Bertz CT molecular complexity index is 912. The first-order valence-corrected chi connectivity index (χ1v) is 8.90. The zero-order valence-corrected chi connectivity index (χ0v) is 16.5. The summed E-state index contributed by atoms with van der Waals surface area (Å²) in [6.07, 6.45) is 0.513. The summed E-state index contributed by atoms with van der Waals surface area (Å²) < 4.78 is 10.5. The average Bonchev–Trinajstić information content (AvgIpc) is 2.65. The highest BCUT2D eigenvalue weighted by Crippen LogP contribution is 2.13. The normalized spacial score (nSPS) is 11.5. The first-order valence-electron chi connectivity index (χ1n) is 8.90. The maximum Gasteiger partial charge on any atom is 0.412 e. The summed E-state index contributed by atoms with van der Waals surface area (Å²) in [6, 6.07) is 15.0. The molecule has 0 aliphatic carbocycles. The number of alkyl carbamates (subject to hydrolysis) is 1. The Hall–Kier alpha value is -3.61. The summed E-state index contributed by atoms with van der Waals surface area (Å²) in [7, 11) is 0. The highest BCUT2D eigenvalue weighted by Gasteiger charge is 2.21. The van der Waals surface area contributed by atoms with Crippen LogP contribution < -0.4 is 5.32 Å². The molecule has 0 aliphatic heterocycles. The van der Waals surface area contributed by atoms with Gasteiger partial charge in [-0.2, -0.15) is 0 Å². The number of carbonyl (C=O) groups is 3. The van der Waals surface area contributed by atoms with Gasteiger partial charge in [-0.05, 0) is 50.1 Å². The molecule has 152 valence electrons. The molecule has 0 saturated heterocycles. The summed E-state index contributed by atoms with van der Waals surface area (Å²) in [5, 5.41) is 11.5. The van der Waals surface area contributed by atoms with Crippen LogP contribution in [-0.4, -0.2) is 28.7 Å². The summed E-state index contributed by atoms with van der Waals surface area (Å²) in [6.45, 7) is 5.10. The van der Waals surface area contributed by atoms with Crippen LogP contribution in [0.1, 0.15) is 42.3 Å². The number of hydrogen-bond donors (Lipinski definition) is 2. The molecule has 29 heavy (non-hydrogen) atoms. The van der Waals surface area contributed by atoms with Crippen molar-refractivity contribution in [2.75, 3.05) is 0 Å². The molecule has 7 nitrogen and oxygen atoms in total. The lowest BCUT2D eigenvalue weighted by atomic mass is 10.1. The van der Waals surface area contributed by atoms with Crippen molar-refractivity contribution in [1.29, 1.82) is 0 Å². The van der Waals surface area contributed by atoms with Crippen molar-refractivity contribution >= 4 is 24.1 Å². The van der Waals surface area contributed by atoms with Gasteiger partial charge in [0.2, 0.25) is 0 Å². The molecule has 2 aromatic rings. The number of carboxylic acids is 1. The van der Waals surface area contributed by atoms with Gasteiger partial charge in [-0.3, -0.25) is 5.32 Å². The summed E-state index contributed by atoms with van der Waals surface area (Å²) in [5.74, 6) is -1.88. The van der Waals surface area contributed by atoms with Gasteiger partial charge in [0.1, 0.15) is 17.9 Å². The molecule has 0 unspecified atom stereocenters. The topological polar surface area (TPSA) is 102 Å². The van der Waals surface area contributed by atoms with Gasteiger partial charge in [0.15, 0.2) is 0 Å². The number of ether oxygens (including phenoxy) is 2. The third-order valence-electron chi connectivity index (χ3n) is 3.51. The molecule has 7 heteroatoms. The maximum atomic E-state index is 12.6. The number of carbonyl (C=O) groups excluding carboxylic acids is 2. The van der Waals surface area contributed by atoms with Gasteiger partial charge in [-0.1, -0.05) is 42.5 Å². The molecular formula is C22H23NO6. The Morgan fingerprint density at radius 3 is 2.34 bits per heavy atom. The molecule has 1 amide bonds. The number of esters is 1. The van der Waals surface area contributed by atoms with Gasteiger partial charge < -0.3 is 14.6 Å². The van der Waals surface area contributed by atoms with E-state index in [4.69, 9.17) is 14.6 Å². The van der Waals surface area contributed by atoms with Crippen LogP contribution in [0.5, 0.6) is 0 Å². The standard InChI is InChI=1S/C22H23NO6/c1-22(2,3)29-21(27)23-18(13-16-10-7-11-17(12-16)19(24)25)20(26)28-14-15-8-5-4-6-9-15/h4-13H,14H2,1-3H3,(H,23,27)(H,24,25)/b18-13+. The van der Waals surface area contributed by atoms with Crippen LogP contribution in [0.15, 0.2) is 60.3 Å². The summed E-state index contributed by atoms with van der Waals surface area (Å²) in [4.78, 5) is 35.9. The third-order valence-corrected chi connectivity index (χ3v) is 3.51. The SMILES string of the molecule is CC(C)(C)OC(=O)N/C(=C/c1cccc(C(=O)O)c1)C(=O)OCc1ccccc1. The molecule has 0 spiro atoms. The highest BCUT2D eigenvalue weighted by atomic mass is 16.6. The Morgan fingerprint density at radius 2 is 1.72 bits per heavy atom. The monoisotopic (exact) mass is 397 g/mol. The molecule has 0 fully saturated rings. The van der Waals surface area contributed by atoms with Crippen molar-refractivity contribution in [2.45, 2.75) is 33.0 Å². The predicted octanol–water partition coefficient (Wildman–Crippen LogP) is 3.99. The largest absolute Gasteiger partial charge is 0.478 e. The van der Waals surface area contributed by atoms with E-state index in [0.29, 0.717) is 5.56 Å². The fourth-order valence-electron chi connectivity index (χ4n) is 2.29. The van der Waals surface area contributed by atoms with E-state index in [9.17, 15) is 14.4 Å². The molecule has 0 atom stereocenters. The quantitative estimate of drug-likeness (QED) is 0.564. The smallest absolute Gasteiger partial charge is 0.412 e. The molecule has 2 aromatic carbocycles. The maximum absolute atomic E-state index is 12.6. The van der Waals surface area contributed by atoms with Crippen molar-refractivity contribution in [2.24, 2.45) is 0 Å². The molecular weight excluding hydrogens is 374 g/mol. The van der Waals surface area contributed by atoms with Crippen LogP contribution in [0.3, 0.4) is 0 Å². The van der Waals surface area contributed by atoms with E-state index >= 15 is 0 Å². The van der Waals surface area contributed by atoms with Gasteiger partial charge >= 0.3 is 18.0 Å². The number of hydrogen-bond acceptors (Lipinski definition) is 5. The summed E-state index contributed by atoms with van der Waals surface area (Å²) >= 11 is 0. The van der Waals surface area contributed by atoms with E-state index in [2.05, 4.69) is 5.32 Å². The van der Waals surface area contributed by atoms with Gasteiger partial charge in [0.05, 0.1) is 5.56 Å². The number of carboxylic acid groups (broad SMARTS) is 1. The predicted molar refractivity (Wildman–Crippen MR) is 107 cm³/mol. The lowest BCUT2D eigenvalue weighted by molar-refractivity contribution is -0.140. The molecule has 2 N–H and O–H groups in total. The van der Waals surface area contributed by atoms with Crippen LogP contribution in [0.2, 0.25) is 0 Å². The minimum Gasteiger partial charge on any atom is -0.478 e. The van der Waals surface area contributed by atoms with Crippen molar-refractivity contribution in [3.63, 3.8) is 0 Å². The lowest BCUT2D eigenvalue weighted by Gasteiger charge is -2.20. The van der Waals surface area contributed by atoms with Crippen molar-refractivity contribution < 1.29 is 29.0 Å². The van der Waals surface area contributed by atoms with Crippen LogP contribution in [-0.2, 0) is 20.9 Å². The Morgan fingerprint density at radius 1 is 1.03 bits per heavy atom. The average molecular weight is 397 g/mol. The number of benzene rings is 2. The molecule has 0 saturated carbocycles. The zero-order chi connectivity index (χ0) is 21.4. The Balaban J connectivity index is 2.24. The molecule has 0 heterocycles. The summed E-state index contributed by atoms with van der Waals surface area (Å²) in [5.41, 5.74) is 0.315. The van der Waals surface area contributed by atoms with Crippen LogP contribution >= 0.6 is 0 Å². The van der Waals surface area contributed by atoms with E-state index in [1.807, 2.05) is 18.2 Å². The second kappa shape index (κ2) is 9.54. The Kier molecular flexibility index (Phi) is 7.14. The first-order chi connectivity index (χ1) is 13.6. The second-order valence-electron chi connectivity index (χ2n) is 7.18. The van der Waals surface area contributed by atoms with Crippen molar-refractivity contribution in [3.05, 3.63) is 77.0 Å². The van der Waals surface area contributed by atoms with Gasteiger partial charge in [0.25, 0.3) is 0 Å². The fraction of sp³-hybridized carbons (Fsp3) is 0.227. The van der Waals surface area contributed by atoms with E-state index < -0.39 is 23.6 Å².